The number of hydrogen-bond acceptors (Lipinski definition) is 3. The maximum atomic E-state index is 13.3. The van der Waals surface area contributed by atoms with Crippen LogP contribution in [-0.2, 0) is 11.2 Å². The summed E-state index contributed by atoms with van der Waals surface area (Å²) >= 11 is 0. The number of likely N-dealkylation sites (tertiary alicyclic amines) is 1. The minimum absolute atomic E-state index is 0.0415. The van der Waals surface area contributed by atoms with Crippen molar-refractivity contribution in [1.82, 2.24) is 10.2 Å². The van der Waals surface area contributed by atoms with Crippen molar-refractivity contribution >= 4 is 5.91 Å². The summed E-state index contributed by atoms with van der Waals surface area (Å²) in [7, 11) is 1.69. The number of methoxy groups -OCH3 is 1. The number of nitrogens with zero attached hydrogens (tertiary/aromatic N) is 1. The molecule has 1 amide bonds. The summed E-state index contributed by atoms with van der Waals surface area (Å²) in [5, 5.41) is 3.21. The maximum absolute atomic E-state index is 13.3. The molecule has 0 saturated carbocycles. The van der Waals surface area contributed by atoms with Gasteiger partial charge in [0, 0.05) is 12.5 Å². The Hall–Kier alpha value is -2.40. The fourth-order valence-electron chi connectivity index (χ4n) is 4.11. The van der Waals surface area contributed by atoms with Crippen LogP contribution in [0.5, 0.6) is 5.75 Å². The lowest BCUT2D eigenvalue weighted by Gasteiger charge is -2.33. The minimum atomic E-state index is -0.256. The van der Waals surface area contributed by atoms with Crippen molar-refractivity contribution in [2.24, 2.45) is 11.8 Å². The van der Waals surface area contributed by atoms with Gasteiger partial charge in [-0.3, -0.25) is 4.79 Å². The highest BCUT2D eigenvalue weighted by atomic mass is 19.1. The average molecular weight is 413 g/mol. The van der Waals surface area contributed by atoms with E-state index in [-0.39, 0.29) is 29.6 Å². The van der Waals surface area contributed by atoms with Gasteiger partial charge in [0.25, 0.3) is 0 Å². The minimum Gasteiger partial charge on any atom is -0.497 e. The van der Waals surface area contributed by atoms with Gasteiger partial charge in [-0.2, -0.15) is 0 Å². The smallest absolute Gasteiger partial charge is 0.223 e. The van der Waals surface area contributed by atoms with E-state index < -0.39 is 0 Å². The van der Waals surface area contributed by atoms with Crippen molar-refractivity contribution < 1.29 is 13.9 Å². The second kappa shape index (κ2) is 10.6. The monoisotopic (exact) mass is 412 g/mol. The summed E-state index contributed by atoms with van der Waals surface area (Å²) < 4.78 is 18.5. The highest BCUT2D eigenvalue weighted by Crippen LogP contribution is 2.25. The van der Waals surface area contributed by atoms with Gasteiger partial charge in [-0.25, -0.2) is 4.39 Å². The van der Waals surface area contributed by atoms with Gasteiger partial charge in [-0.15, -0.1) is 0 Å². The molecule has 0 aliphatic carbocycles. The largest absolute Gasteiger partial charge is 0.497 e. The van der Waals surface area contributed by atoms with Crippen LogP contribution in [0.1, 0.15) is 43.9 Å². The summed E-state index contributed by atoms with van der Waals surface area (Å²) in [5.41, 5.74) is 2.23. The number of piperidine rings is 1. The Morgan fingerprint density at radius 3 is 2.50 bits per heavy atom. The number of nitrogens with one attached hydrogen (secondary N) is 1. The van der Waals surface area contributed by atoms with Crippen molar-refractivity contribution in [3.8, 4) is 5.75 Å². The molecule has 1 atom stereocenters. The molecule has 1 aliphatic heterocycles. The van der Waals surface area contributed by atoms with Crippen LogP contribution in [-0.4, -0.2) is 37.6 Å². The number of hydrogen-bond donors (Lipinski definition) is 1. The highest BCUT2D eigenvalue weighted by Gasteiger charge is 2.27. The van der Waals surface area contributed by atoms with Gasteiger partial charge in [-0.05, 0) is 73.7 Å². The van der Waals surface area contributed by atoms with Crippen molar-refractivity contribution in [3.63, 3.8) is 0 Å². The summed E-state index contributed by atoms with van der Waals surface area (Å²) in [5.74, 6) is 1.03. The first-order valence-corrected chi connectivity index (χ1v) is 10.9. The molecule has 30 heavy (non-hydrogen) atoms. The van der Waals surface area contributed by atoms with E-state index in [9.17, 15) is 9.18 Å². The van der Waals surface area contributed by atoms with Gasteiger partial charge >= 0.3 is 0 Å². The zero-order valence-electron chi connectivity index (χ0n) is 18.2. The van der Waals surface area contributed by atoms with Crippen LogP contribution in [0.15, 0.2) is 48.5 Å². The molecule has 2 aromatic rings. The Morgan fingerprint density at radius 2 is 1.87 bits per heavy atom. The van der Waals surface area contributed by atoms with E-state index in [0.29, 0.717) is 0 Å². The molecule has 0 spiro atoms. The molecule has 4 nitrogen and oxygen atoms in total. The van der Waals surface area contributed by atoms with Crippen molar-refractivity contribution in [1.29, 1.82) is 0 Å². The summed E-state index contributed by atoms with van der Waals surface area (Å²) in [6, 6.07) is 14.6. The zero-order chi connectivity index (χ0) is 21.5. The predicted molar refractivity (Wildman–Crippen MR) is 118 cm³/mol. The number of benzene rings is 2. The molecule has 2 aromatic carbocycles. The van der Waals surface area contributed by atoms with Crippen LogP contribution < -0.4 is 10.1 Å². The normalized spacial score (nSPS) is 16.4. The number of carbonyl (C=O) groups is 1. The first-order chi connectivity index (χ1) is 14.5. The first kappa shape index (κ1) is 22.3. The number of halogens is 1. The lowest BCUT2D eigenvalue weighted by atomic mass is 9.92. The van der Waals surface area contributed by atoms with Gasteiger partial charge in [0.15, 0.2) is 0 Å². The quantitative estimate of drug-likeness (QED) is 0.689. The fraction of sp³-hybridized carbons (Fsp3) is 0.480. The van der Waals surface area contributed by atoms with Gasteiger partial charge in [-0.1, -0.05) is 38.1 Å². The number of carbonyl (C=O) groups excluding carboxylic acids is 1. The van der Waals surface area contributed by atoms with Crippen molar-refractivity contribution in [2.45, 2.75) is 39.2 Å². The van der Waals surface area contributed by atoms with Gasteiger partial charge in [0.05, 0.1) is 13.2 Å². The molecule has 1 N–H and O–H groups in total. The molecule has 5 heteroatoms. The molecular weight excluding hydrogens is 379 g/mol. The molecule has 0 unspecified atom stereocenters. The molecule has 0 radical (unpaired) electrons. The second-order valence-corrected chi connectivity index (χ2v) is 8.50. The van der Waals surface area contributed by atoms with Crippen LogP contribution >= 0.6 is 0 Å². The van der Waals surface area contributed by atoms with Crippen LogP contribution in [0, 0.1) is 17.7 Å². The molecule has 1 saturated heterocycles. The molecule has 1 aliphatic rings. The van der Waals surface area contributed by atoms with E-state index in [4.69, 9.17) is 4.74 Å². The van der Waals surface area contributed by atoms with E-state index in [1.54, 1.807) is 19.2 Å². The third-order valence-corrected chi connectivity index (χ3v) is 6.00. The van der Waals surface area contributed by atoms with Crippen LogP contribution in [0.2, 0.25) is 0 Å². The third-order valence-electron chi connectivity index (χ3n) is 6.00. The summed E-state index contributed by atoms with van der Waals surface area (Å²) in [6.07, 6.45) is 2.73. The Kier molecular flexibility index (Phi) is 7.86. The number of rotatable bonds is 8. The Bertz CT molecular complexity index is 814. The lowest BCUT2D eigenvalue weighted by Crippen LogP contribution is -2.42. The van der Waals surface area contributed by atoms with Crippen molar-refractivity contribution in [3.05, 3.63) is 65.5 Å². The molecule has 0 bridgehead atoms. The molecular formula is C25H33FN2O2. The van der Waals surface area contributed by atoms with Crippen LogP contribution in [0.25, 0.3) is 0 Å². The van der Waals surface area contributed by atoms with Gasteiger partial charge < -0.3 is 15.0 Å². The van der Waals surface area contributed by atoms with Gasteiger partial charge in [0.2, 0.25) is 5.91 Å². The molecule has 162 valence electrons. The molecule has 1 heterocycles. The summed E-state index contributed by atoms with van der Waals surface area (Å²) in [4.78, 5) is 15.3. The second-order valence-electron chi connectivity index (χ2n) is 8.50. The third kappa shape index (κ3) is 6.05. The Morgan fingerprint density at radius 1 is 1.17 bits per heavy atom. The first-order valence-electron chi connectivity index (χ1n) is 10.9. The molecule has 0 aromatic heterocycles. The number of ether oxygens (including phenoxy) is 1. The molecule has 1 fully saturated rings. The average Bonchev–Trinajstić information content (AvgIpc) is 2.77. The van der Waals surface area contributed by atoms with Crippen LogP contribution in [0.3, 0.4) is 0 Å². The van der Waals surface area contributed by atoms with E-state index in [1.165, 1.54) is 17.7 Å². The molecule has 3 rings (SSSR count). The maximum Gasteiger partial charge on any atom is 0.223 e. The van der Waals surface area contributed by atoms with E-state index in [1.807, 2.05) is 12.1 Å². The van der Waals surface area contributed by atoms with E-state index in [2.05, 4.69) is 36.2 Å². The standard InChI is InChI=1S/C25H33FN2O2/c1-18(2)24(20-7-9-22(26)10-8-20)27-25(29)21-12-15-28(16-13-21)14-11-19-5-4-6-23(17-19)30-3/h4-10,17-18,21,24H,11-16H2,1-3H3,(H,27,29)/t24-/m1/s1. The SMILES string of the molecule is COc1cccc(CCN2CCC(C(=O)N[C@@H](c3ccc(F)cc3)C(C)C)CC2)c1. The zero-order valence-corrected chi connectivity index (χ0v) is 18.2. The van der Waals surface area contributed by atoms with Gasteiger partial charge in [0.1, 0.15) is 11.6 Å². The van der Waals surface area contributed by atoms with Crippen molar-refractivity contribution in [2.75, 3.05) is 26.7 Å². The Balaban J connectivity index is 1.48. The highest BCUT2D eigenvalue weighted by molar-refractivity contribution is 5.79. The predicted octanol–water partition coefficient (Wildman–Crippen LogP) is 4.60. The lowest BCUT2D eigenvalue weighted by molar-refractivity contribution is -0.127. The Labute approximate surface area is 179 Å². The van der Waals surface area contributed by atoms with E-state index >= 15 is 0 Å². The van der Waals surface area contributed by atoms with Crippen LogP contribution in [0.4, 0.5) is 4.39 Å². The summed E-state index contributed by atoms with van der Waals surface area (Å²) in [6.45, 7) is 7.02. The number of amides is 1. The van der Waals surface area contributed by atoms with E-state index in [0.717, 1.165) is 50.2 Å². The fourth-order valence-corrected chi connectivity index (χ4v) is 4.11. The topological polar surface area (TPSA) is 41.6 Å².